The monoisotopic (exact) mass is 269 g/mol. The molecular weight excluding hydrogens is 246 g/mol. The van der Waals surface area contributed by atoms with E-state index in [0.29, 0.717) is 6.61 Å². The highest BCUT2D eigenvalue weighted by Gasteiger charge is 2.10. The van der Waals surface area contributed by atoms with Gasteiger partial charge in [0.05, 0.1) is 6.61 Å². The lowest BCUT2D eigenvalue weighted by molar-refractivity contribution is 0.332. The Morgan fingerprint density at radius 1 is 1.05 bits per heavy atom. The molecular formula is C18H23NO. The minimum Gasteiger partial charge on any atom is -0.494 e. The number of aryl methyl sites for hydroxylation is 1. The summed E-state index contributed by atoms with van der Waals surface area (Å²) in [5.41, 5.74) is 3.81. The van der Waals surface area contributed by atoms with E-state index >= 15 is 0 Å². The summed E-state index contributed by atoms with van der Waals surface area (Å²) in [6.07, 6.45) is 0. The first-order chi connectivity index (χ1) is 9.70. The highest BCUT2D eigenvalue weighted by atomic mass is 16.5. The van der Waals surface area contributed by atoms with Crippen molar-refractivity contribution in [1.82, 2.24) is 5.32 Å². The molecule has 0 saturated carbocycles. The molecule has 0 heterocycles. The highest BCUT2D eigenvalue weighted by Crippen LogP contribution is 2.25. The average molecular weight is 269 g/mol. The Morgan fingerprint density at radius 2 is 1.75 bits per heavy atom. The van der Waals surface area contributed by atoms with Crippen molar-refractivity contribution in [2.75, 3.05) is 6.61 Å². The van der Waals surface area contributed by atoms with Crippen molar-refractivity contribution >= 4 is 0 Å². The summed E-state index contributed by atoms with van der Waals surface area (Å²) >= 11 is 0. The van der Waals surface area contributed by atoms with Crippen LogP contribution in [0.3, 0.4) is 0 Å². The second-order valence-electron chi connectivity index (χ2n) is 5.06. The number of para-hydroxylation sites is 1. The van der Waals surface area contributed by atoms with Gasteiger partial charge in [-0.2, -0.15) is 0 Å². The fourth-order valence-corrected chi connectivity index (χ4v) is 2.21. The Kier molecular flexibility index (Phi) is 5.19. The van der Waals surface area contributed by atoms with Crippen LogP contribution < -0.4 is 10.1 Å². The van der Waals surface area contributed by atoms with Gasteiger partial charge in [0.25, 0.3) is 0 Å². The summed E-state index contributed by atoms with van der Waals surface area (Å²) in [7, 11) is 0. The second-order valence-corrected chi connectivity index (χ2v) is 5.06. The Balaban J connectivity index is 2.01. The lowest BCUT2D eigenvalue weighted by atomic mass is 10.1. The van der Waals surface area contributed by atoms with E-state index < -0.39 is 0 Å². The first-order valence-corrected chi connectivity index (χ1v) is 7.21. The maximum absolute atomic E-state index is 5.69. The molecule has 2 heteroatoms. The normalized spacial score (nSPS) is 12.2. The van der Waals surface area contributed by atoms with Crippen molar-refractivity contribution in [3.05, 3.63) is 65.2 Å². The molecule has 0 aliphatic heterocycles. The molecule has 1 unspecified atom stereocenters. The number of benzene rings is 2. The minimum absolute atomic E-state index is 0.263. The van der Waals surface area contributed by atoms with Crippen LogP contribution in [0.1, 0.15) is 36.6 Å². The van der Waals surface area contributed by atoms with Crippen LogP contribution >= 0.6 is 0 Å². The first-order valence-electron chi connectivity index (χ1n) is 7.21. The van der Waals surface area contributed by atoms with Crippen LogP contribution in [0.4, 0.5) is 0 Å². The Bertz CT molecular complexity index is 533. The van der Waals surface area contributed by atoms with Gasteiger partial charge in [-0.05, 0) is 32.4 Å². The van der Waals surface area contributed by atoms with Gasteiger partial charge in [0.15, 0.2) is 0 Å². The van der Waals surface area contributed by atoms with E-state index in [0.717, 1.165) is 12.3 Å². The molecule has 0 aliphatic rings. The largest absolute Gasteiger partial charge is 0.494 e. The third-order valence-corrected chi connectivity index (χ3v) is 3.42. The Hall–Kier alpha value is -1.80. The van der Waals surface area contributed by atoms with Crippen LogP contribution in [0.25, 0.3) is 0 Å². The lowest BCUT2D eigenvalue weighted by Crippen LogP contribution is -2.18. The molecule has 0 radical (unpaired) electrons. The first kappa shape index (κ1) is 14.6. The van der Waals surface area contributed by atoms with Crippen molar-refractivity contribution in [3.63, 3.8) is 0 Å². The van der Waals surface area contributed by atoms with Gasteiger partial charge in [-0.25, -0.2) is 0 Å². The summed E-state index contributed by atoms with van der Waals surface area (Å²) in [6.45, 7) is 7.86. The molecule has 1 N–H and O–H groups in total. The van der Waals surface area contributed by atoms with Gasteiger partial charge in [-0.3, -0.25) is 0 Å². The SMILES string of the molecule is CCOc1ccccc1C(C)NCc1ccc(C)cc1. The summed E-state index contributed by atoms with van der Waals surface area (Å²) < 4.78 is 5.69. The van der Waals surface area contributed by atoms with E-state index in [1.54, 1.807) is 0 Å². The van der Waals surface area contributed by atoms with Gasteiger partial charge < -0.3 is 10.1 Å². The molecule has 20 heavy (non-hydrogen) atoms. The molecule has 0 amide bonds. The molecule has 0 bridgehead atoms. The van der Waals surface area contributed by atoms with Crippen LogP contribution in [0.15, 0.2) is 48.5 Å². The number of hydrogen-bond donors (Lipinski definition) is 1. The molecule has 0 fully saturated rings. The average Bonchev–Trinajstić information content (AvgIpc) is 2.47. The smallest absolute Gasteiger partial charge is 0.124 e. The van der Waals surface area contributed by atoms with E-state index in [1.165, 1.54) is 16.7 Å². The molecule has 2 nitrogen and oxygen atoms in total. The van der Waals surface area contributed by atoms with Gasteiger partial charge in [0.1, 0.15) is 5.75 Å². The summed E-state index contributed by atoms with van der Waals surface area (Å²) in [5.74, 6) is 0.971. The molecule has 0 spiro atoms. The maximum atomic E-state index is 5.69. The number of rotatable bonds is 6. The minimum atomic E-state index is 0.263. The van der Waals surface area contributed by atoms with Gasteiger partial charge in [0.2, 0.25) is 0 Å². The van der Waals surface area contributed by atoms with Crippen molar-refractivity contribution in [2.45, 2.75) is 33.4 Å². The number of hydrogen-bond acceptors (Lipinski definition) is 2. The molecule has 2 rings (SSSR count). The van der Waals surface area contributed by atoms with Gasteiger partial charge >= 0.3 is 0 Å². The summed E-state index contributed by atoms with van der Waals surface area (Å²) in [5, 5.41) is 3.55. The number of ether oxygens (including phenoxy) is 1. The summed E-state index contributed by atoms with van der Waals surface area (Å²) in [6, 6.07) is 17.1. The molecule has 2 aromatic carbocycles. The lowest BCUT2D eigenvalue weighted by Gasteiger charge is -2.18. The van der Waals surface area contributed by atoms with Crippen molar-refractivity contribution in [2.24, 2.45) is 0 Å². The molecule has 1 atom stereocenters. The fraction of sp³-hybridized carbons (Fsp3) is 0.333. The molecule has 0 aromatic heterocycles. The van der Waals surface area contributed by atoms with Crippen molar-refractivity contribution < 1.29 is 4.74 Å². The van der Waals surface area contributed by atoms with Crippen LogP contribution in [-0.2, 0) is 6.54 Å². The highest BCUT2D eigenvalue weighted by molar-refractivity contribution is 5.35. The van der Waals surface area contributed by atoms with Crippen LogP contribution in [0, 0.1) is 6.92 Å². The Morgan fingerprint density at radius 3 is 2.45 bits per heavy atom. The predicted molar refractivity (Wildman–Crippen MR) is 84.0 cm³/mol. The maximum Gasteiger partial charge on any atom is 0.124 e. The van der Waals surface area contributed by atoms with Crippen molar-refractivity contribution in [3.8, 4) is 5.75 Å². The third-order valence-electron chi connectivity index (χ3n) is 3.42. The van der Waals surface area contributed by atoms with Gasteiger partial charge in [-0.15, -0.1) is 0 Å². The Labute approximate surface area is 121 Å². The molecule has 0 saturated heterocycles. The zero-order chi connectivity index (χ0) is 14.4. The molecule has 0 aliphatic carbocycles. The fourth-order valence-electron chi connectivity index (χ4n) is 2.21. The number of nitrogens with one attached hydrogen (secondary N) is 1. The standard InChI is InChI=1S/C18H23NO/c1-4-20-18-8-6-5-7-17(18)15(3)19-13-16-11-9-14(2)10-12-16/h5-12,15,19H,4,13H2,1-3H3. The van der Waals surface area contributed by atoms with E-state index in [1.807, 2.05) is 19.1 Å². The zero-order valence-corrected chi connectivity index (χ0v) is 12.5. The van der Waals surface area contributed by atoms with Gasteiger partial charge in [0, 0.05) is 18.2 Å². The van der Waals surface area contributed by atoms with E-state index in [-0.39, 0.29) is 6.04 Å². The topological polar surface area (TPSA) is 21.3 Å². The molecule has 2 aromatic rings. The van der Waals surface area contributed by atoms with Crippen LogP contribution in [-0.4, -0.2) is 6.61 Å². The van der Waals surface area contributed by atoms with Gasteiger partial charge in [-0.1, -0.05) is 48.0 Å². The third kappa shape index (κ3) is 3.84. The van der Waals surface area contributed by atoms with E-state index in [9.17, 15) is 0 Å². The van der Waals surface area contributed by atoms with Crippen molar-refractivity contribution in [1.29, 1.82) is 0 Å². The van der Waals surface area contributed by atoms with E-state index in [4.69, 9.17) is 4.74 Å². The predicted octanol–water partition coefficient (Wildman–Crippen LogP) is 4.24. The molecule has 106 valence electrons. The van der Waals surface area contributed by atoms with E-state index in [2.05, 4.69) is 55.6 Å². The van der Waals surface area contributed by atoms with Crippen LogP contribution in [0.5, 0.6) is 5.75 Å². The second kappa shape index (κ2) is 7.11. The van der Waals surface area contributed by atoms with Crippen LogP contribution in [0.2, 0.25) is 0 Å². The zero-order valence-electron chi connectivity index (χ0n) is 12.5. The summed E-state index contributed by atoms with van der Waals surface area (Å²) in [4.78, 5) is 0. The quantitative estimate of drug-likeness (QED) is 0.846.